The third kappa shape index (κ3) is 3.04. The van der Waals surface area contributed by atoms with Crippen LogP contribution in [0.25, 0.3) is 10.9 Å². The summed E-state index contributed by atoms with van der Waals surface area (Å²) >= 11 is 5.94. The fraction of sp³-hybridized carbons (Fsp3) is 0.158. The molecule has 0 bridgehead atoms. The molecule has 2 heterocycles. The number of halogens is 2. The van der Waals surface area contributed by atoms with Gasteiger partial charge in [-0.3, -0.25) is 9.59 Å². The Kier molecular flexibility index (Phi) is 4.12. The van der Waals surface area contributed by atoms with Gasteiger partial charge >= 0.3 is 0 Å². The lowest BCUT2D eigenvalue weighted by atomic mass is 10.2. The number of carbonyl (C=O) groups excluding carboxylic acids is 2. The summed E-state index contributed by atoms with van der Waals surface area (Å²) in [7, 11) is 0. The van der Waals surface area contributed by atoms with Crippen molar-refractivity contribution in [1.29, 1.82) is 0 Å². The normalized spacial score (nSPS) is 14.2. The molecule has 2 aromatic carbocycles. The topological polar surface area (TPSA) is 65.2 Å². The lowest BCUT2D eigenvalue weighted by Gasteiger charge is -2.17. The highest BCUT2D eigenvalue weighted by Gasteiger charge is 2.24. The number of amides is 2. The van der Waals surface area contributed by atoms with Crippen LogP contribution in [0.4, 0.5) is 15.8 Å². The summed E-state index contributed by atoms with van der Waals surface area (Å²) in [6, 6.07) is 11.3. The summed E-state index contributed by atoms with van der Waals surface area (Å²) in [6.07, 6.45) is 1.16. The first kappa shape index (κ1) is 16.6. The summed E-state index contributed by atoms with van der Waals surface area (Å²) in [6.45, 7) is 0.513. The maximum Gasteiger partial charge on any atom is 0.272 e. The highest BCUT2D eigenvalue weighted by molar-refractivity contribution is 6.31. The molecule has 0 spiro atoms. The maximum absolute atomic E-state index is 14.4. The average Bonchev–Trinajstić information content (AvgIpc) is 3.21. The van der Waals surface area contributed by atoms with Crippen LogP contribution in [0.5, 0.6) is 0 Å². The quantitative estimate of drug-likeness (QED) is 0.719. The van der Waals surface area contributed by atoms with E-state index in [0.717, 1.165) is 17.3 Å². The van der Waals surface area contributed by atoms with Gasteiger partial charge in [0.05, 0.1) is 5.69 Å². The number of rotatable bonds is 3. The average molecular weight is 372 g/mol. The van der Waals surface area contributed by atoms with E-state index in [1.165, 1.54) is 17.0 Å². The molecule has 0 atom stereocenters. The number of hydrogen-bond donors (Lipinski definition) is 2. The summed E-state index contributed by atoms with van der Waals surface area (Å²) in [5.74, 6) is -1.01. The number of fused-ring (bicyclic) bond motifs is 1. The molecule has 1 aliphatic rings. The molecule has 2 amide bonds. The molecule has 1 aliphatic heterocycles. The van der Waals surface area contributed by atoms with E-state index in [1.807, 2.05) is 6.07 Å². The molecule has 0 saturated carbocycles. The van der Waals surface area contributed by atoms with E-state index in [0.29, 0.717) is 29.4 Å². The fourth-order valence-electron chi connectivity index (χ4n) is 3.13. The molecule has 0 aliphatic carbocycles. The van der Waals surface area contributed by atoms with E-state index < -0.39 is 5.82 Å². The molecule has 2 N–H and O–H groups in total. The smallest absolute Gasteiger partial charge is 0.272 e. The molecule has 4 rings (SSSR count). The number of benzene rings is 2. The van der Waals surface area contributed by atoms with Crippen LogP contribution in [-0.4, -0.2) is 23.3 Å². The van der Waals surface area contributed by atoms with Gasteiger partial charge in [-0.2, -0.15) is 0 Å². The standard InChI is InChI=1S/C19H15ClFN3O2/c20-12-4-3-11-8-16(23-15(11)9-12)19(26)22-13-5-6-17(14(21)10-13)24-7-1-2-18(24)25/h3-6,8-10,23H,1-2,7H2,(H,22,26). The molecule has 5 nitrogen and oxygen atoms in total. The van der Waals surface area contributed by atoms with Gasteiger partial charge in [0.1, 0.15) is 11.5 Å². The predicted molar refractivity (Wildman–Crippen MR) is 99.2 cm³/mol. The number of nitrogens with zero attached hydrogens (tertiary/aromatic N) is 1. The van der Waals surface area contributed by atoms with Crippen LogP contribution in [0.15, 0.2) is 42.5 Å². The second-order valence-electron chi connectivity index (χ2n) is 6.18. The molecule has 1 saturated heterocycles. The first-order valence-corrected chi connectivity index (χ1v) is 8.58. The zero-order valence-electron chi connectivity index (χ0n) is 13.7. The van der Waals surface area contributed by atoms with Gasteiger partial charge < -0.3 is 15.2 Å². The largest absolute Gasteiger partial charge is 0.350 e. The van der Waals surface area contributed by atoms with Gasteiger partial charge in [0, 0.05) is 34.6 Å². The fourth-order valence-corrected chi connectivity index (χ4v) is 3.30. The van der Waals surface area contributed by atoms with Crippen LogP contribution in [0.2, 0.25) is 5.02 Å². The zero-order chi connectivity index (χ0) is 18.3. The Morgan fingerprint density at radius 1 is 1.19 bits per heavy atom. The van der Waals surface area contributed by atoms with Crippen LogP contribution in [-0.2, 0) is 4.79 Å². The third-order valence-electron chi connectivity index (χ3n) is 4.40. The van der Waals surface area contributed by atoms with E-state index in [1.54, 1.807) is 24.3 Å². The molecule has 26 heavy (non-hydrogen) atoms. The number of H-pyrrole nitrogens is 1. The van der Waals surface area contributed by atoms with Crippen LogP contribution < -0.4 is 10.2 Å². The second-order valence-corrected chi connectivity index (χ2v) is 6.62. The van der Waals surface area contributed by atoms with E-state index in [2.05, 4.69) is 10.3 Å². The van der Waals surface area contributed by atoms with Crippen molar-refractivity contribution in [3.63, 3.8) is 0 Å². The zero-order valence-corrected chi connectivity index (χ0v) is 14.4. The number of aromatic amines is 1. The van der Waals surface area contributed by atoms with Crippen LogP contribution in [0, 0.1) is 5.82 Å². The number of anilines is 2. The Balaban J connectivity index is 1.55. The molecule has 1 aromatic heterocycles. The van der Waals surface area contributed by atoms with Crippen LogP contribution in [0.1, 0.15) is 23.3 Å². The molecular weight excluding hydrogens is 357 g/mol. The van der Waals surface area contributed by atoms with Crippen LogP contribution >= 0.6 is 11.6 Å². The molecule has 3 aromatic rings. The molecule has 0 unspecified atom stereocenters. The Hall–Kier alpha value is -2.86. The summed E-state index contributed by atoms with van der Waals surface area (Å²) in [4.78, 5) is 28.6. The number of carbonyl (C=O) groups is 2. The van der Waals surface area contributed by atoms with Crippen LogP contribution in [0.3, 0.4) is 0 Å². The Labute approximate surface area is 153 Å². The van der Waals surface area contributed by atoms with Crippen molar-refractivity contribution in [3.05, 3.63) is 59.0 Å². The SMILES string of the molecule is O=C(Nc1ccc(N2CCCC2=O)c(F)c1)c1cc2ccc(Cl)cc2[nH]1. The van der Waals surface area contributed by atoms with E-state index >= 15 is 0 Å². The highest BCUT2D eigenvalue weighted by Crippen LogP contribution is 2.27. The third-order valence-corrected chi connectivity index (χ3v) is 4.63. The van der Waals surface area contributed by atoms with Gasteiger partial charge in [0.2, 0.25) is 5.91 Å². The highest BCUT2D eigenvalue weighted by atomic mass is 35.5. The van der Waals surface area contributed by atoms with Crippen molar-refractivity contribution >= 4 is 45.7 Å². The number of hydrogen-bond acceptors (Lipinski definition) is 2. The van der Waals surface area contributed by atoms with Crippen molar-refractivity contribution in [2.75, 3.05) is 16.8 Å². The Bertz CT molecular complexity index is 1030. The summed E-state index contributed by atoms with van der Waals surface area (Å²) < 4.78 is 14.4. The van der Waals surface area contributed by atoms with Crippen molar-refractivity contribution < 1.29 is 14.0 Å². The van der Waals surface area contributed by atoms with Crippen molar-refractivity contribution in [2.24, 2.45) is 0 Å². The number of aromatic nitrogens is 1. The van der Waals surface area contributed by atoms with Crippen molar-refractivity contribution in [3.8, 4) is 0 Å². The summed E-state index contributed by atoms with van der Waals surface area (Å²) in [5, 5.41) is 4.08. The molecular formula is C19H15ClFN3O2. The lowest BCUT2D eigenvalue weighted by molar-refractivity contribution is -0.117. The van der Waals surface area contributed by atoms with Gasteiger partial charge in [0.25, 0.3) is 5.91 Å². The summed E-state index contributed by atoms with van der Waals surface area (Å²) in [5.41, 5.74) is 1.66. The first-order chi connectivity index (χ1) is 12.5. The van der Waals surface area contributed by atoms with Gasteiger partial charge in [0.15, 0.2) is 0 Å². The van der Waals surface area contributed by atoms with E-state index in [-0.39, 0.29) is 17.5 Å². The lowest BCUT2D eigenvalue weighted by Crippen LogP contribution is -2.24. The molecule has 1 fully saturated rings. The first-order valence-electron chi connectivity index (χ1n) is 8.21. The molecule has 0 radical (unpaired) electrons. The van der Waals surface area contributed by atoms with E-state index in [9.17, 15) is 14.0 Å². The van der Waals surface area contributed by atoms with Gasteiger partial charge in [-0.1, -0.05) is 17.7 Å². The van der Waals surface area contributed by atoms with Gasteiger partial charge in [-0.15, -0.1) is 0 Å². The van der Waals surface area contributed by atoms with Crippen molar-refractivity contribution in [2.45, 2.75) is 12.8 Å². The predicted octanol–water partition coefficient (Wildman–Crippen LogP) is 4.34. The van der Waals surface area contributed by atoms with Crippen molar-refractivity contribution in [1.82, 2.24) is 4.98 Å². The Morgan fingerprint density at radius 3 is 2.77 bits per heavy atom. The minimum atomic E-state index is -0.540. The number of nitrogens with one attached hydrogen (secondary N) is 2. The van der Waals surface area contributed by atoms with Gasteiger partial charge in [-0.25, -0.2) is 4.39 Å². The minimum Gasteiger partial charge on any atom is -0.350 e. The monoisotopic (exact) mass is 371 g/mol. The molecule has 7 heteroatoms. The van der Waals surface area contributed by atoms with E-state index in [4.69, 9.17) is 11.6 Å². The minimum absolute atomic E-state index is 0.0857. The molecule has 132 valence electrons. The second kappa shape index (κ2) is 6.46. The Morgan fingerprint density at radius 2 is 2.04 bits per heavy atom. The van der Waals surface area contributed by atoms with Gasteiger partial charge in [-0.05, 0) is 42.8 Å². The maximum atomic E-state index is 14.4.